The lowest BCUT2D eigenvalue weighted by molar-refractivity contribution is -0.388. The second-order valence-electron chi connectivity index (χ2n) is 5.07. The Morgan fingerprint density at radius 3 is 2.17 bits per heavy atom. The monoisotopic (exact) mass is 473 g/mol. The van der Waals surface area contributed by atoms with Crippen molar-refractivity contribution >= 4 is 33.3 Å². The third-order valence-electron chi connectivity index (χ3n) is 3.15. The van der Waals surface area contributed by atoms with Gasteiger partial charge in [0, 0.05) is 6.07 Å². The van der Waals surface area contributed by atoms with E-state index in [0.717, 1.165) is 0 Å². The van der Waals surface area contributed by atoms with Crippen molar-refractivity contribution in [3.05, 3.63) is 28.3 Å². The number of rotatable bonds is 8. The van der Waals surface area contributed by atoms with Crippen LogP contribution in [-0.2, 0) is 19.4 Å². The standard InChI is InChI=1S/C13H10F7NO6S2/c1-2-27-10(22)6-28-9-4-3-7(5-8(9)21(23)24)29(25,26)13(19,20)11(14,15)12(16,17)18/h3-5H,2,6H2,1H3. The molecular formula is C13H10F7NO6S2. The molecule has 0 bridgehead atoms. The van der Waals surface area contributed by atoms with Crippen LogP contribution in [-0.4, -0.2) is 49.0 Å². The van der Waals surface area contributed by atoms with Crippen LogP contribution in [0.2, 0.25) is 0 Å². The summed E-state index contributed by atoms with van der Waals surface area (Å²) in [5.41, 5.74) is -1.20. The van der Waals surface area contributed by atoms with E-state index in [1.54, 1.807) is 0 Å². The van der Waals surface area contributed by atoms with Gasteiger partial charge in [-0.1, -0.05) is 0 Å². The van der Waals surface area contributed by atoms with Crippen LogP contribution >= 0.6 is 11.8 Å². The van der Waals surface area contributed by atoms with Crippen LogP contribution in [0.4, 0.5) is 36.4 Å². The second kappa shape index (κ2) is 8.33. The number of hydrogen-bond donors (Lipinski definition) is 0. The third-order valence-corrected chi connectivity index (χ3v) is 5.99. The summed E-state index contributed by atoms with van der Waals surface area (Å²) >= 11 is 0.433. The van der Waals surface area contributed by atoms with Crippen molar-refractivity contribution in [3.63, 3.8) is 0 Å². The van der Waals surface area contributed by atoms with Gasteiger partial charge in [0.05, 0.1) is 27.1 Å². The molecule has 0 N–H and O–H groups in total. The largest absolute Gasteiger partial charge is 0.465 e. The van der Waals surface area contributed by atoms with Gasteiger partial charge < -0.3 is 4.74 Å². The third kappa shape index (κ3) is 4.73. The van der Waals surface area contributed by atoms with Crippen LogP contribution in [0.5, 0.6) is 0 Å². The van der Waals surface area contributed by atoms with E-state index < -0.39 is 59.3 Å². The van der Waals surface area contributed by atoms with Crippen molar-refractivity contribution in [1.29, 1.82) is 0 Å². The predicted octanol–water partition coefficient (Wildman–Crippen LogP) is 3.81. The highest BCUT2D eigenvalue weighted by Crippen LogP contribution is 2.51. The summed E-state index contributed by atoms with van der Waals surface area (Å²) in [6.07, 6.45) is -6.91. The fourth-order valence-electron chi connectivity index (χ4n) is 1.75. The molecule has 7 nitrogen and oxygen atoms in total. The van der Waals surface area contributed by atoms with Crippen molar-refractivity contribution in [2.24, 2.45) is 0 Å². The minimum absolute atomic E-state index is 0.0266. The molecule has 0 fully saturated rings. The van der Waals surface area contributed by atoms with Crippen LogP contribution in [0, 0.1) is 10.1 Å². The highest BCUT2D eigenvalue weighted by atomic mass is 32.2. The van der Waals surface area contributed by atoms with E-state index in [1.807, 2.05) is 0 Å². The van der Waals surface area contributed by atoms with Crippen LogP contribution in [0.3, 0.4) is 0 Å². The Kier molecular flexibility index (Phi) is 7.17. The molecule has 0 atom stereocenters. The van der Waals surface area contributed by atoms with E-state index in [-0.39, 0.29) is 18.7 Å². The van der Waals surface area contributed by atoms with E-state index >= 15 is 0 Å². The number of sulfone groups is 1. The highest BCUT2D eigenvalue weighted by Gasteiger charge is 2.78. The number of nitrogens with zero attached hydrogens (tertiary/aromatic N) is 1. The van der Waals surface area contributed by atoms with Crippen LogP contribution in [0.15, 0.2) is 28.0 Å². The van der Waals surface area contributed by atoms with E-state index in [0.29, 0.717) is 17.8 Å². The van der Waals surface area contributed by atoms with Gasteiger partial charge in [-0.15, -0.1) is 11.8 Å². The van der Waals surface area contributed by atoms with Gasteiger partial charge in [-0.25, -0.2) is 8.42 Å². The summed E-state index contributed by atoms with van der Waals surface area (Å²) in [5, 5.41) is 4.40. The fourth-order valence-corrected chi connectivity index (χ4v) is 3.82. The van der Waals surface area contributed by atoms with Gasteiger partial charge in [-0.2, -0.15) is 30.7 Å². The molecule has 0 aliphatic heterocycles. The van der Waals surface area contributed by atoms with Crippen molar-refractivity contribution < 1.29 is 53.6 Å². The number of nitro groups is 1. The van der Waals surface area contributed by atoms with Crippen molar-refractivity contribution in [2.45, 2.75) is 34.1 Å². The Labute approximate surface area is 162 Å². The molecule has 1 rings (SSSR count). The van der Waals surface area contributed by atoms with Gasteiger partial charge in [0.2, 0.25) is 0 Å². The molecule has 1 aromatic carbocycles. The Morgan fingerprint density at radius 2 is 1.72 bits per heavy atom. The number of carbonyl (C=O) groups is 1. The molecule has 0 aromatic heterocycles. The van der Waals surface area contributed by atoms with Crippen LogP contribution < -0.4 is 0 Å². The molecule has 0 unspecified atom stereocenters. The first-order valence-electron chi connectivity index (χ1n) is 7.14. The molecule has 29 heavy (non-hydrogen) atoms. The maximum Gasteiger partial charge on any atom is 0.461 e. The topological polar surface area (TPSA) is 104 Å². The molecule has 0 heterocycles. The van der Waals surface area contributed by atoms with Gasteiger partial charge in [-0.05, 0) is 19.1 Å². The number of alkyl halides is 7. The van der Waals surface area contributed by atoms with Gasteiger partial charge in [0.25, 0.3) is 15.5 Å². The molecule has 0 aliphatic carbocycles. The number of nitro benzene ring substituents is 1. The minimum Gasteiger partial charge on any atom is -0.465 e. The van der Waals surface area contributed by atoms with Crippen LogP contribution in [0.25, 0.3) is 0 Å². The molecule has 1 aromatic rings. The maximum absolute atomic E-state index is 13.6. The zero-order chi connectivity index (χ0) is 22.8. The van der Waals surface area contributed by atoms with Gasteiger partial charge >= 0.3 is 23.3 Å². The predicted molar refractivity (Wildman–Crippen MR) is 83.6 cm³/mol. The summed E-state index contributed by atoms with van der Waals surface area (Å²) in [6.45, 7) is 1.43. The lowest BCUT2D eigenvalue weighted by Crippen LogP contribution is -2.55. The molecule has 0 aliphatic rings. The number of thioether (sulfide) groups is 1. The number of halogens is 7. The summed E-state index contributed by atoms with van der Waals surface area (Å²) in [5.74, 6) is -8.31. The fraction of sp³-hybridized carbons (Fsp3) is 0.462. The first-order chi connectivity index (χ1) is 13.0. The molecule has 16 heteroatoms. The average Bonchev–Trinajstić information content (AvgIpc) is 2.58. The Morgan fingerprint density at radius 1 is 1.17 bits per heavy atom. The summed E-state index contributed by atoms with van der Waals surface area (Å²) in [7, 11) is -6.70. The van der Waals surface area contributed by atoms with E-state index in [1.165, 1.54) is 6.92 Å². The molecule has 164 valence electrons. The first kappa shape index (κ1) is 24.9. The Balaban J connectivity index is 3.43. The van der Waals surface area contributed by atoms with Gasteiger partial charge in [0.15, 0.2) is 0 Å². The number of esters is 1. The molecule has 0 saturated carbocycles. The van der Waals surface area contributed by atoms with Crippen molar-refractivity contribution in [2.75, 3.05) is 12.4 Å². The number of carbonyl (C=O) groups excluding carboxylic acids is 1. The molecule has 0 spiro atoms. The number of benzene rings is 1. The van der Waals surface area contributed by atoms with Gasteiger partial charge in [0.1, 0.15) is 0 Å². The summed E-state index contributed by atoms with van der Waals surface area (Å²) in [6, 6.07) is 0.621. The number of ether oxygens (including phenoxy) is 1. The van der Waals surface area contributed by atoms with Crippen molar-refractivity contribution in [1.82, 2.24) is 0 Å². The van der Waals surface area contributed by atoms with E-state index in [2.05, 4.69) is 4.74 Å². The molecule has 0 radical (unpaired) electrons. The zero-order valence-corrected chi connectivity index (χ0v) is 15.6. The molecular weight excluding hydrogens is 463 g/mol. The average molecular weight is 473 g/mol. The Hall–Kier alpha value is -2.10. The zero-order valence-electron chi connectivity index (χ0n) is 14.0. The normalized spacial score (nSPS) is 13.2. The van der Waals surface area contributed by atoms with Crippen molar-refractivity contribution in [3.8, 4) is 0 Å². The Bertz CT molecular complexity index is 901. The first-order valence-corrected chi connectivity index (χ1v) is 9.61. The smallest absolute Gasteiger partial charge is 0.461 e. The number of hydrogen-bond acceptors (Lipinski definition) is 7. The summed E-state index contributed by atoms with van der Waals surface area (Å²) in [4.78, 5) is 18.7. The SMILES string of the molecule is CCOC(=O)CSc1ccc(S(=O)(=O)C(F)(F)C(F)(F)C(F)(F)F)cc1[N+](=O)[O-]. The van der Waals surface area contributed by atoms with Crippen LogP contribution in [0.1, 0.15) is 6.92 Å². The summed E-state index contributed by atoms with van der Waals surface area (Å²) < 4.78 is 118. The minimum atomic E-state index is -6.97. The van der Waals surface area contributed by atoms with E-state index in [9.17, 15) is 54.1 Å². The maximum atomic E-state index is 13.6. The highest BCUT2D eigenvalue weighted by molar-refractivity contribution is 8.00. The second-order valence-corrected chi connectivity index (χ2v) is 8.08. The lowest BCUT2D eigenvalue weighted by atomic mass is 10.3. The lowest BCUT2D eigenvalue weighted by Gasteiger charge is -2.27. The van der Waals surface area contributed by atoms with E-state index in [4.69, 9.17) is 0 Å². The molecule has 0 saturated heterocycles. The molecule has 0 amide bonds. The quantitative estimate of drug-likeness (QED) is 0.186. The van der Waals surface area contributed by atoms with Gasteiger partial charge in [-0.3, -0.25) is 14.9 Å².